The van der Waals surface area contributed by atoms with E-state index in [-0.39, 0.29) is 5.56 Å². The molecule has 0 fully saturated rings. The summed E-state index contributed by atoms with van der Waals surface area (Å²) in [6.07, 6.45) is 2.63. The summed E-state index contributed by atoms with van der Waals surface area (Å²) in [7, 11) is 1.65. The van der Waals surface area contributed by atoms with Gasteiger partial charge < -0.3 is 9.90 Å². The van der Waals surface area contributed by atoms with Crippen LogP contribution in [0.25, 0.3) is 0 Å². The summed E-state index contributed by atoms with van der Waals surface area (Å²) < 4.78 is 1.41. The van der Waals surface area contributed by atoms with Gasteiger partial charge in [0.1, 0.15) is 0 Å². The summed E-state index contributed by atoms with van der Waals surface area (Å²) in [5.74, 6) is -1.19. The van der Waals surface area contributed by atoms with Crippen LogP contribution < -0.4 is 5.11 Å². The van der Waals surface area contributed by atoms with Gasteiger partial charge in [0.2, 0.25) is 0 Å². The third-order valence-electron chi connectivity index (χ3n) is 0.941. The van der Waals surface area contributed by atoms with E-state index in [0.717, 1.165) is 0 Å². The average molecular weight is 125 g/mol. The first kappa shape index (κ1) is 5.81. The first-order valence-corrected chi connectivity index (χ1v) is 2.40. The van der Waals surface area contributed by atoms with Crippen molar-refractivity contribution in [2.75, 3.05) is 0 Å². The molecule has 0 unspecified atom stereocenters. The van der Waals surface area contributed by atoms with Gasteiger partial charge in [0.25, 0.3) is 0 Å². The van der Waals surface area contributed by atoms with Crippen molar-refractivity contribution < 1.29 is 9.90 Å². The van der Waals surface area contributed by atoms with Crippen molar-refractivity contribution >= 4 is 5.97 Å². The van der Waals surface area contributed by atoms with Crippen LogP contribution in [0.5, 0.6) is 0 Å². The van der Waals surface area contributed by atoms with E-state index in [1.165, 1.54) is 17.1 Å². The third kappa shape index (κ3) is 1.07. The Kier molecular flexibility index (Phi) is 1.22. The van der Waals surface area contributed by atoms with Crippen molar-refractivity contribution in [2.24, 2.45) is 7.05 Å². The lowest BCUT2D eigenvalue weighted by Crippen LogP contribution is -2.21. The summed E-state index contributed by atoms with van der Waals surface area (Å²) in [5.41, 5.74) is 0.109. The molecular weight excluding hydrogens is 120 g/mol. The van der Waals surface area contributed by atoms with Crippen molar-refractivity contribution in [1.82, 2.24) is 9.78 Å². The van der Waals surface area contributed by atoms with Crippen LogP contribution in [0, 0.1) is 0 Å². The minimum absolute atomic E-state index is 0.109. The van der Waals surface area contributed by atoms with Gasteiger partial charge in [-0.05, 0) is 0 Å². The highest BCUT2D eigenvalue weighted by atomic mass is 16.4. The Balaban J connectivity index is 2.98. The monoisotopic (exact) mass is 125 g/mol. The smallest absolute Gasteiger partial charge is 0.0746 e. The van der Waals surface area contributed by atoms with Crippen molar-refractivity contribution in [3.05, 3.63) is 18.0 Å². The molecule has 0 radical (unpaired) electrons. The summed E-state index contributed by atoms with van der Waals surface area (Å²) >= 11 is 0. The number of aromatic nitrogens is 2. The third-order valence-corrected chi connectivity index (χ3v) is 0.941. The van der Waals surface area contributed by atoms with Gasteiger partial charge in [0, 0.05) is 18.8 Å². The maximum absolute atomic E-state index is 10.0. The molecule has 0 aliphatic rings. The standard InChI is InChI=1S/C5H6N2O2/c1-7-3-4(2-6-7)5(8)9/h2-3H,1H3,(H,8,9)/p-1. The van der Waals surface area contributed by atoms with Crippen LogP contribution in [-0.4, -0.2) is 15.7 Å². The highest BCUT2D eigenvalue weighted by Crippen LogP contribution is 1.91. The molecule has 9 heavy (non-hydrogen) atoms. The number of rotatable bonds is 1. The molecule has 1 aromatic rings. The molecule has 0 amide bonds. The minimum Gasteiger partial charge on any atom is -0.545 e. The van der Waals surface area contributed by atoms with E-state index < -0.39 is 5.97 Å². The molecule has 48 valence electrons. The number of carbonyl (C=O) groups excluding carboxylic acids is 1. The number of aromatic carboxylic acids is 1. The zero-order chi connectivity index (χ0) is 6.85. The van der Waals surface area contributed by atoms with Crippen LogP contribution in [0.15, 0.2) is 12.4 Å². The van der Waals surface area contributed by atoms with Gasteiger partial charge in [0.05, 0.1) is 12.2 Å². The van der Waals surface area contributed by atoms with Crippen LogP contribution in [0.2, 0.25) is 0 Å². The number of carboxylic acid groups (broad SMARTS) is 1. The molecule has 0 atom stereocenters. The molecule has 0 bridgehead atoms. The summed E-state index contributed by atoms with van der Waals surface area (Å²) in [6, 6.07) is 0. The first-order valence-electron chi connectivity index (χ1n) is 2.40. The second kappa shape index (κ2) is 1.89. The van der Waals surface area contributed by atoms with Crippen LogP contribution in [0.4, 0.5) is 0 Å². The zero-order valence-electron chi connectivity index (χ0n) is 4.87. The van der Waals surface area contributed by atoms with Crippen molar-refractivity contribution in [2.45, 2.75) is 0 Å². The molecule has 0 spiro atoms. The van der Waals surface area contributed by atoms with Gasteiger partial charge in [-0.2, -0.15) is 5.10 Å². The number of carboxylic acids is 1. The fraction of sp³-hybridized carbons (Fsp3) is 0.200. The molecule has 0 aliphatic heterocycles. The Hall–Kier alpha value is -1.32. The number of aryl methyl sites for hydroxylation is 1. The summed E-state index contributed by atoms with van der Waals surface area (Å²) in [6.45, 7) is 0. The fourth-order valence-corrected chi connectivity index (χ4v) is 0.527. The van der Waals surface area contributed by atoms with E-state index >= 15 is 0 Å². The lowest BCUT2D eigenvalue weighted by molar-refractivity contribution is -0.255. The van der Waals surface area contributed by atoms with Crippen LogP contribution in [0.3, 0.4) is 0 Å². The van der Waals surface area contributed by atoms with Crippen molar-refractivity contribution in [1.29, 1.82) is 0 Å². The average Bonchev–Trinajstić information content (AvgIpc) is 2.14. The second-order valence-corrected chi connectivity index (χ2v) is 1.69. The lowest BCUT2D eigenvalue weighted by atomic mass is 10.4. The summed E-state index contributed by atoms with van der Waals surface area (Å²) in [4.78, 5) is 10.0. The molecule has 1 rings (SSSR count). The molecule has 4 heteroatoms. The van der Waals surface area contributed by atoms with Crippen LogP contribution >= 0.6 is 0 Å². The maximum atomic E-state index is 10.0. The van der Waals surface area contributed by atoms with E-state index in [4.69, 9.17) is 0 Å². The molecule has 4 nitrogen and oxygen atoms in total. The Morgan fingerprint density at radius 3 is 2.78 bits per heavy atom. The van der Waals surface area contributed by atoms with E-state index in [9.17, 15) is 9.90 Å². The number of hydrogen-bond acceptors (Lipinski definition) is 3. The number of nitrogens with zero attached hydrogens (tertiary/aromatic N) is 2. The molecule has 0 aliphatic carbocycles. The maximum Gasteiger partial charge on any atom is 0.0746 e. The molecule has 0 saturated carbocycles. The Morgan fingerprint density at radius 2 is 2.56 bits per heavy atom. The van der Waals surface area contributed by atoms with E-state index in [0.29, 0.717) is 0 Å². The second-order valence-electron chi connectivity index (χ2n) is 1.69. The molecule has 0 aromatic carbocycles. The van der Waals surface area contributed by atoms with E-state index in [1.807, 2.05) is 0 Å². The van der Waals surface area contributed by atoms with Gasteiger partial charge in [-0.25, -0.2) is 0 Å². The number of hydrogen-bond donors (Lipinski definition) is 0. The highest BCUT2D eigenvalue weighted by Gasteiger charge is 1.92. The van der Waals surface area contributed by atoms with E-state index in [2.05, 4.69) is 5.10 Å². The SMILES string of the molecule is Cn1cc(C(=O)[O-])cn1. The number of carbonyl (C=O) groups is 1. The van der Waals surface area contributed by atoms with E-state index in [1.54, 1.807) is 7.05 Å². The highest BCUT2D eigenvalue weighted by molar-refractivity contribution is 5.84. The van der Waals surface area contributed by atoms with Crippen LogP contribution in [0.1, 0.15) is 10.4 Å². The fourth-order valence-electron chi connectivity index (χ4n) is 0.527. The van der Waals surface area contributed by atoms with Crippen LogP contribution in [-0.2, 0) is 7.05 Å². The predicted molar refractivity (Wildman–Crippen MR) is 27.5 cm³/mol. The lowest BCUT2D eigenvalue weighted by Gasteiger charge is -1.91. The Bertz CT molecular complexity index is 229. The zero-order valence-corrected chi connectivity index (χ0v) is 4.87. The van der Waals surface area contributed by atoms with Gasteiger partial charge in [-0.3, -0.25) is 4.68 Å². The van der Waals surface area contributed by atoms with Gasteiger partial charge in [0.15, 0.2) is 0 Å². The first-order chi connectivity index (χ1) is 4.20. The van der Waals surface area contributed by atoms with Gasteiger partial charge in [-0.15, -0.1) is 0 Å². The molecular formula is C5H5N2O2-. The Morgan fingerprint density at radius 1 is 1.89 bits per heavy atom. The quantitative estimate of drug-likeness (QED) is 0.473. The topological polar surface area (TPSA) is 58.0 Å². The van der Waals surface area contributed by atoms with Crippen molar-refractivity contribution in [3.8, 4) is 0 Å². The Labute approximate surface area is 51.7 Å². The molecule has 1 heterocycles. The van der Waals surface area contributed by atoms with Gasteiger partial charge >= 0.3 is 0 Å². The van der Waals surface area contributed by atoms with Crippen molar-refractivity contribution in [3.63, 3.8) is 0 Å². The predicted octanol–water partition coefficient (Wildman–Crippen LogP) is -1.22. The molecule has 0 saturated heterocycles. The van der Waals surface area contributed by atoms with Gasteiger partial charge in [-0.1, -0.05) is 0 Å². The summed E-state index contributed by atoms with van der Waals surface area (Å²) in [5, 5.41) is 13.7. The minimum atomic E-state index is -1.19. The molecule has 0 N–H and O–H groups in total. The molecule has 1 aromatic heterocycles. The normalized spacial score (nSPS) is 9.44. The largest absolute Gasteiger partial charge is 0.545 e.